The number of hydrogen-bond donors (Lipinski definition) is 2. The van der Waals surface area contributed by atoms with E-state index >= 15 is 0 Å². The molecular weight excluding hydrogens is 328 g/mol. The van der Waals surface area contributed by atoms with E-state index in [1.165, 1.54) is 0 Å². The van der Waals surface area contributed by atoms with Crippen LogP contribution in [0.25, 0.3) is 0 Å². The number of aliphatic hydroxyl groups is 2. The van der Waals surface area contributed by atoms with Crippen molar-refractivity contribution in [2.45, 2.75) is 38.9 Å². The highest BCUT2D eigenvalue weighted by Gasteiger charge is 2.22. The molecule has 0 saturated heterocycles. The van der Waals surface area contributed by atoms with E-state index in [4.69, 9.17) is 9.47 Å². The van der Waals surface area contributed by atoms with E-state index in [9.17, 15) is 10.2 Å². The van der Waals surface area contributed by atoms with Crippen molar-refractivity contribution in [3.8, 4) is 11.5 Å². The summed E-state index contributed by atoms with van der Waals surface area (Å²) in [6, 6.07) is 15.3. The number of hydrogen-bond acceptors (Lipinski definition) is 4. The molecule has 0 unspecified atom stereocenters. The van der Waals surface area contributed by atoms with E-state index in [-0.39, 0.29) is 13.2 Å². The zero-order valence-corrected chi connectivity index (χ0v) is 15.1. The minimum absolute atomic E-state index is 0.0452. The Morgan fingerprint density at radius 1 is 0.692 bits per heavy atom. The van der Waals surface area contributed by atoms with Gasteiger partial charge in [0.1, 0.15) is 11.5 Å². The third-order valence-corrected chi connectivity index (χ3v) is 5.10. The molecule has 0 spiro atoms. The Morgan fingerprint density at radius 2 is 1.12 bits per heavy atom. The summed E-state index contributed by atoms with van der Waals surface area (Å²) >= 11 is 0. The fraction of sp³-hybridized carbons (Fsp3) is 0.455. The van der Waals surface area contributed by atoms with Crippen LogP contribution in [0.2, 0.25) is 0 Å². The summed E-state index contributed by atoms with van der Waals surface area (Å²) in [6.07, 6.45) is 4.63. The lowest BCUT2D eigenvalue weighted by molar-refractivity contribution is 0.148. The third-order valence-electron chi connectivity index (χ3n) is 5.10. The summed E-state index contributed by atoms with van der Waals surface area (Å²) < 4.78 is 11.8. The lowest BCUT2D eigenvalue weighted by atomic mass is 9.83. The van der Waals surface area contributed by atoms with E-state index in [2.05, 4.69) is 0 Å². The average molecular weight is 356 g/mol. The van der Waals surface area contributed by atoms with Crippen LogP contribution in [-0.2, 0) is 13.2 Å². The predicted octanol–water partition coefficient (Wildman–Crippen LogP) is 3.94. The summed E-state index contributed by atoms with van der Waals surface area (Å²) in [6.45, 7) is 1.56. The van der Waals surface area contributed by atoms with Gasteiger partial charge in [-0.25, -0.2) is 0 Å². The number of ether oxygens (including phenoxy) is 2. The molecule has 26 heavy (non-hydrogen) atoms. The van der Waals surface area contributed by atoms with Gasteiger partial charge >= 0.3 is 0 Å². The van der Waals surface area contributed by atoms with Crippen molar-refractivity contribution in [3.05, 3.63) is 59.7 Å². The molecule has 0 bridgehead atoms. The molecule has 0 atom stereocenters. The first-order valence-electron chi connectivity index (χ1n) is 9.42. The topological polar surface area (TPSA) is 58.9 Å². The van der Waals surface area contributed by atoms with Gasteiger partial charge in [-0.15, -0.1) is 0 Å². The molecule has 1 fully saturated rings. The van der Waals surface area contributed by atoms with E-state index in [0.717, 1.165) is 61.5 Å². The molecule has 2 N–H and O–H groups in total. The van der Waals surface area contributed by atoms with Gasteiger partial charge in [0.05, 0.1) is 26.4 Å². The highest BCUT2D eigenvalue weighted by Crippen LogP contribution is 2.30. The van der Waals surface area contributed by atoms with Crippen LogP contribution < -0.4 is 9.47 Å². The van der Waals surface area contributed by atoms with E-state index in [1.807, 2.05) is 48.5 Å². The maximum atomic E-state index is 9.19. The Kier molecular flexibility index (Phi) is 6.92. The molecule has 4 heteroatoms. The lowest BCUT2D eigenvalue weighted by Gasteiger charge is -2.28. The van der Waals surface area contributed by atoms with Crippen LogP contribution in [0.1, 0.15) is 36.8 Å². The Labute approximate surface area is 155 Å². The molecule has 2 aromatic rings. The van der Waals surface area contributed by atoms with Crippen molar-refractivity contribution in [3.63, 3.8) is 0 Å². The lowest BCUT2D eigenvalue weighted by Crippen LogP contribution is -2.23. The van der Waals surface area contributed by atoms with Crippen LogP contribution in [0.3, 0.4) is 0 Å². The molecule has 0 aromatic heterocycles. The molecule has 0 aliphatic heterocycles. The maximum Gasteiger partial charge on any atom is 0.119 e. The summed E-state index contributed by atoms with van der Waals surface area (Å²) in [5.41, 5.74) is 1.77. The van der Waals surface area contributed by atoms with Crippen molar-refractivity contribution >= 4 is 0 Å². The molecule has 1 aliphatic rings. The first-order chi connectivity index (χ1) is 12.8. The zero-order chi connectivity index (χ0) is 18.2. The minimum atomic E-state index is 0.0452. The van der Waals surface area contributed by atoms with Gasteiger partial charge in [0, 0.05) is 0 Å². The quantitative estimate of drug-likeness (QED) is 0.752. The van der Waals surface area contributed by atoms with Crippen LogP contribution >= 0.6 is 0 Å². The molecule has 0 radical (unpaired) electrons. The number of benzene rings is 2. The van der Waals surface area contributed by atoms with Crippen molar-refractivity contribution in [1.29, 1.82) is 0 Å². The van der Waals surface area contributed by atoms with Gasteiger partial charge in [-0.05, 0) is 72.9 Å². The highest BCUT2D eigenvalue weighted by molar-refractivity contribution is 5.28. The van der Waals surface area contributed by atoms with Gasteiger partial charge in [-0.3, -0.25) is 0 Å². The molecule has 4 nitrogen and oxygen atoms in total. The van der Waals surface area contributed by atoms with Crippen LogP contribution in [-0.4, -0.2) is 23.4 Å². The molecule has 3 rings (SSSR count). The van der Waals surface area contributed by atoms with Gasteiger partial charge in [-0.2, -0.15) is 0 Å². The standard InChI is InChI=1S/C22H28O4/c23-13-19-3-1-5-21(11-19)25-15-17-7-9-18(10-8-17)16-26-22-6-2-4-20(12-22)14-24/h1-6,11-12,17-18,23-24H,7-10,13-16H2. The smallest absolute Gasteiger partial charge is 0.119 e. The number of aliphatic hydroxyl groups excluding tert-OH is 2. The van der Waals surface area contributed by atoms with Gasteiger partial charge in [0.25, 0.3) is 0 Å². The summed E-state index contributed by atoms with van der Waals surface area (Å²) in [5.74, 6) is 2.85. The Morgan fingerprint density at radius 3 is 1.50 bits per heavy atom. The first kappa shape index (κ1) is 18.7. The van der Waals surface area contributed by atoms with Gasteiger partial charge < -0.3 is 19.7 Å². The fourth-order valence-electron chi connectivity index (χ4n) is 3.46. The second-order valence-corrected chi connectivity index (χ2v) is 7.12. The maximum absolute atomic E-state index is 9.19. The Hall–Kier alpha value is -2.04. The van der Waals surface area contributed by atoms with Crippen LogP contribution in [0, 0.1) is 11.8 Å². The van der Waals surface area contributed by atoms with Crippen molar-refractivity contribution < 1.29 is 19.7 Å². The fourth-order valence-corrected chi connectivity index (χ4v) is 3.46. The largest absolute Gasteiger partial charge is 0.493 e. The monoisotopic (exact) mass is 356 g/mol. The second kappa shape index (κ2) is 9.60. The second-order valence-electron chi connectivity index (χ2n) is 7.12. The van der Waals surface area contributed by atoms with Crippen molar-refractivity contribution in [2.75, 3.05) is 13.2 Å². The summed E-state index contributed by atoms with van der Waals surface area (Å²) in [5, 5.41) is 18.4. The van der Waals surface area contributed by atoms with Gasteiger partial charge in [0.2, 0.25) is 0 Å². The van der Waals surface area contributed by atoms with Crippen molar-refractivity contribution in [2.24, 2.45) is 11.8 Å². The molecule has 0 amide bonds. The van der Waals surface area contributed by atoms with Gasteiger partial charge in [-0.1, -0.05) is 24.3 Å². The van der Waals surface area contributed by atoms with E-state index in [0.29, 0.717) is 11.8 Å². The Bertz CT molecular complexity index is 618. The molecule has 140 valence electrons. The zero-order valence-electron chi connectivity index (χ0n) is 15.1. The first-order valence-corrected chi connectivity index (χ1v) is 9.42. The Balaban J connectivity index is 1.38. The van der Waals surface area contributed by atoms with Crippen molar-refractivity contribution in [1.82, 2.24) is 0 Å². The summed E-state index contributed by atoms with van der Waals surface area (Å²) in [4.78, 5) is 0. The molecule has 2 aromatic carbocycles. The van der Waals surface area contributed by atoms with Crippen LogP contribution in [0.15, 0.2) is 48.5 Å². The summed E-state index contributed by atoms with van der Waals surface area (Å²) in [7, 11) is 0. The minimum Gasteiger partial charge on any atom is -0.493 e. The van der Waals surface area contributed by atoms with E-state index in [1.54, 1.807) is 0 Å². The molecule has 1 aliphatic carbocycles. The SMILES string of the molecule is OCc1cccc(OCC2CCC(COc3cccc(CO)c3)CC2)c1. The highest BCUT2D eigenvalue weighted by atomic mass is 16.5. The number of rotatable bonds is 8. The molecule has 0 heterocycles. The van der Waals surface area contributed by atoms with E-state index < -0.39 is 0 Å². The molecular formula is C22H28O4. The van der Waals surface area contributed by atoms with Crippen LogP contribution in [0.4, 0.5) is 0 Å². The predicted molar refractivity (Wildman–Crippen MR) is 101 cm³/mol. The van der Waals surface area contributed by atoms with Crippen LogP contribution in [0.5, 0.6) is 11.5 Å². The third kappa shape index (κ3) is 5.48. The molecule has 1 saturated carbocycles. The van der Waals surface area contributed by atoms with Gasteiger partial charge in [0.15, 0.2) is 0 Å². The normalized spacial score (nSPS) is 19.9. The average Bonchev–Trinajstić information content (AvgIpc) is 2.72.